The van der Waals surface area contributed by atoms with Gasteiger partial charge < -0.3 is 14.8 Å². The molecule has 1 aromatic rings. The number of halogens is 5. The van der Waals surface area contributed by atoms with Crippen LogP contribution >= 0.6 is 0 Å². The number of hydrogen-bond acceptors (Lipinski definition) is 5. The van der Waals surface area contributed by atoms with Crippen LogP contribution in [0, 0.1) is 11.6 Å². The zero-order valence-electron chi connectivity index (χ0n) is 14.5. The Morgan fingerprint density at radius 3 is 2.68 bits per heavy atom. The van der Waals surface area contributed by atoms with Gasteiger partial charge in [0, 0.05) is 11.6 Å². The summed E-state index contributed by atoms with van der Waals surface area (Å²) in [4.78, 5) is 24.5. The van der Waals surface area contributed by atoms with E-state index in [-0.39, 0.29) is 23.6 Å². The van der Waals surface area contributed by atoms with Crippen molar-refractivity contribution in [1.29, 1.82) is 0 Å². The summed E-state index contributed by atoms with van der Waals surface area (Å²) in [7, 11) is 0.978. The van der Waals surface area contributed by atoms with E-state index in [2.05, 4.69) is 10.1 Å². The molecule has 1 unspecified atom stereocenters. The van der Waals surface area contributed by atoms with E-state index >= 15 is 0 Å². The smallest absolute Gasteiger partial charge is 0.337 e. The van der Waals surface area contributed by atoms with Crippen molar-refractivity contribution in [2.24, 2.45) is 0 Å². The minimum atomic E-state index is -2.50. The van der Waals surface area contributed by atoms with Gasteiger partial charge in [-0.3, -0.25) is 0 Å². The van der Waals surface area contributed by atoms with Gasteiger partial charge in [-0.25, -0.2) is 31.5 Å². The summed E-state index contributed by atoms with van der Waals surface area (Å²) < 4.78 is 78.6. The second-order valence-electron chi connectivity index (χ2n) is 6.06. The number of rotatable bonds is 5. The highest BCUT2D eigenvalue weighted by molar-refractivity contribution is 6.01. The van der Waals surface area contributed by atoms with Crippen LogP contribution in [0.15, 0.2) is 34.7 Å². The summed E-state index contributed by atoms with van der Waals surface area (Å²) in [5.41, 5.74) is -2.42. The number of carbonyl (C=O) groups excluding carboxylic acids is 2. The van der Waals surface area contributed by atoms with E-state index in [9.17, 15) is 31.5 Å². The molecule has 0 fully saturated rings. The normalized spacial score (nSPS) is 19.9. The van der Waals surface area contributed by atoms with Gasteiger partial charge in [-0.1, -0.05) is 0 Å². The molecule has 1 N–H and O–H groups in total. The maximum absolute atomic E-state index is 14.3. The zero-order valence-corrected chi connectivity index (χ0v) is 14.5. The summed E-state index contributed by atoms with van der Waals surface area (Å²) >= 11 is 0. The number of cyclic esters (lactones) is 1. The topological polar surface area (TPSA) is 64.6 Å². The molecule has 0 bridgehead atoms. The van der Waals surface area contributed by atoms with E-state index in [4.69, 9.17) is 4.74 Å². The number of ether oxygens (including phenoxy) is 2. The Morgan fingerprint density at radius 2 is 2.07 bits per heavy atom. The lowest BCUT2D eigenvalue weighted by atomic mass is 9.78. The molecule has 0 saturated carbocycles. The number of carbonyl (C=O) groups is 2. The van der Waals surface area contributed by atoms with Gasteiger partial charge in [0.05, 0.1) is 35.6 Å². The van der Waals surface area contributed by atoms with Gasteiger partial charge in [0.2, 0.25) is 0 Å². The molecule has 2 aliphatic heterocycles. The Morgan fingerprint density at radius 1 is 1.36 bits per heavy atom. The lowest BCUT2D eigenvalue weighted by Gasteiger charge is -2.29. The lowest BCUT2D eigenvalue weighted by Crippen LogP contribution is -2.32. The van der Waals surface area contributed by atoms with Crippen molar-refractivity contribution in [3.8, 4) is 0 Å². The lowest BCUT2D eigenvalue weighted by molar-refractivity contribution is -0.136. The Hall–Kier alpha value is -2.91. The fourth-order valence-corrected chi connectivity index (χ4v) is 3.40. The molecule has 150 valence electrons. The van der Waals surface area contributed by atoms with Gasteiger partial charge in [-0.15, -0.1) is 0 Å². The van der Waals surface area contributed by atoms with E-state index in [0.29, 0.717) is 12.1 Å². The van der Waals surface area contributed by atoms with Crippen molar-refractivity contribution in [1.82, 2.24) is 5.32 Å². The van der Waals surface area contributed by atoms with Crippen molar-refractivity contribution < 1.29 is 41.0 Å². The average molecular weight is 403 g/mol. The van der Waals surface area contributed by atoms with E-state index in [1.54, 1.807) is 0 Å². The van der Waals surface area contributed by atoms with Crippen LogP contribution in [-0.4, -0.2) is 39.0 Å². The number of dihydropyridines is 1. The molecule has 0 radical (unpaired) electrons. The first-order chi connectivity index (χ1) is 13.3. The predicted octanol–water partition coefficient (Wildman–Crippen LogP) is 2.84. The molecular formula is C18H14F5NO4. The van der Waals surface area contributed by atoms with Crippen LogP contribution in [0.3, 0.4) is 0 Å². The molecule has 2 atom stereocenters. The van der Waals surface area contributed by atoms with Gasteiger partial charge in [0.15, 0.2) is 6.17 Å². The number of allylic oxidation sites excluding steroid dienone is 1. The molecule has 1 aromatic carbocycles. The third-order valence-corrected chi connectivity index (χ3v) is 4.52. The molecule has 3 rings (SSSR count). The Labute approximate surface area is 155 Å². The van der Waals surface area contributed by atoms with Gasteiger partial charge in [0.1, 0.15) is 31.6 Å². The van der Waals surface area contributed by atoms with E-state index in [1.165, 1.54) is 0 Å². The van der Waals surface area contributed by atoms with Crippen LogP contribution in [0.4, 0.5) is 22.0 Å². The highest BCUT2D eigenvalue weighted by Crippen LogP contribution is 2.45. The van der Waals surface area contributed by atoms with Crippen molar-refractivity contribution in [2.75, 3.05) is 27.1 Å². The van der Waals surface area contributed by atoms with Crippen LogP contribution in [0.2, 0.25) is 0 Å². The first-order valence-electron chi connectivity index (χ1n) is 8.07. The number of hydrogen-bond donors (Lipinski definition) is 1. The number of esters is 2. The predicted molar refractivity (Wildman–Crippen MR) is 85.1 cm³/mol. The number of methoxy groups -OCH3 is 1. The fraction of sp³-hybridized carbons (Fsp3) is 0.333. The molecule has 2 heterocycles. The summed E-state index contributed by atoms with van der Waals surface area (Å²) in [5.74, 6) is -6.21. The van der Waals surface area contributed by atoms with Gasteiger partial charge in [0.25, 0.3) is 0 Å². The molecule has 0 amide bonds. The highest BCUT2D eigenvalue weighted by Gasteiger charge is 2.44. The minimum absolute atomic E-state index is 0.0570. The second-order valence-corrected chi connectivity index (χ2v) is 6.06. The van der Waals surface area contributed by atoms with Gasteiger partial charge in [-0.2, -0.15) is 0 Å². The summed E-state index contributed by atoms with van der Waals surface area (Å²) in [6, 6.07) is 1.02. The van der Waals surface area contributed by atoms with Crippen molar-refractivity contribution in [3.05, 3.63) is 57.4 Å². The summed E-state index contributed by atoms with van der Waals surface area (Å²) in [5, 5.41) is 2.53. The monoisotopic (exact) mass is 403 g/mol. The standard InChI is InChI=1S/C18H14F5NO4/c1-27-17(25)15-11(5-20)24-12-6-28-18(26)16(12)14(15)8-2-7(21)3-9(22)13(8)10(23)4-19/h2-3,10,14,24H,4-6H2,1H3/t10?,14-/m0/s1. The fourth-order valence-electron chi connectivity index (χ4n) is 3.40. The first-order valence-corrected chi connectivity index (χ1v) is 8.07. The maximum Gasteiger partial charge on any atom is 0.337 e. The average Bonchev–Trinajstić information content (AvgIpc) is 3.05. The van der Waals surface area contributed by atoms with Crippen LogP contribution < -0.4 is 5.32 Å². The van der Waals surface area contributed by atoms with Crippen LogP contribution in [0.1, 0.15) is 23.2 Å². The quantitative estimate of drug-likeness (QED) is 0.605. The van der Waals surface area contributed by atoms with Gasteiger partial charge >= 0.3 is 11.9 Å². The van der Waals surface area contributed by atoms with Crippen LogP contribution in [0.5, 0.6) is 0 Å². The molecule has 0 aliphatic carbocycles. The molecule has 0 spiro atoms. The Balaban J connectivity index is 2.35. The zero-order chi connectivity index (χ0) is 20.6. The third-order valence-electron chi connectivity index (χ3n) is 4.52. The van der Waals surface area contributed by atoms with Crippen molar-refractivity contribution in [3.63, 3.8) is 0 Å². The third kappa shape index (κ3) is 3.12. The van der Waals surface area contributed by atoms with E-state index in [0.717, 1.165) is 7.11 Å². The Kier molecular flexibility index (Phi) is 5.39. The molecular weight excluding hydrogens is 389 g/mol. The Bertz CT molecular complexity index is 911. The van der Waals surface area contributed by atoms with Crippen LogP contribution in [0.25, 0.3) is 0 Å². The highest BCUT2D eigenvalue weighted by atomic mass is 19.2. The number of nitrogens with one attached hydrogen (secondary N) is 1. The minimum Gasteiger partial charge on any atom is -0.466 e. The second kappa shape index (κ2) is 7.61. The molecule has 0 saturated heterocycles. The summed E-state index contributed by atoms with van der Waals surface area (Å²) in [6.07, 6.45) is -2.50. The largest absolute Gasteiger partial charge is 0.466 e. The van der Waals surface area contributed by atoms with E-state index in [1.807, 2.05) is 0 Å². The SMILES string of the molecule is COC(=O)C1=C(CF)NC2=C(C(=O)OC2)[C@H]1c1cc(F)cc(F)c1C(F)CF. The summed E-state index contributed by atoms with van der Waals surface area (Å²) in [6.45, 7) is -3.16. The van der Waals surface area contributed by atoms with Crippen molar-refractivity contribution >= 4 is 11.9 Å². The molecule has 0 aromatic heterocycles. The maximum atomic E-state index is 14.3. The molecule has 28 heavy (non-hydrogen) atoms. The number of alkyl halides is 3. The molecule has 10 heteroatoms. The molecule has 5 nitrogen and oxygen atoms in total. The molecule has 2 aliphatic rings. The van der Waals surface area contributed by atoms with Crippen molar-refractivity contribution in [2.45, 2.75) is 12.1 Å². The first kappa shape index (κ1) is 19.8. The number of benzene rings is 1. The van der Waals surface area contributed by atoms with Crippen LogP contribution in [-0.2, 0) is 19.1 Å². The van der Waals surface area contributed by atoms with E-state index < -0.39 is 65.7 Å². The van der Waals surface area contributed by atoms with Gasteiger partial charge in [-0.05, 0) is 11.6 Å².